The van der Waals surface area contributed by atoms with Crippen LogP contribution in [0, 0.1) is 6.92 Å². The zero-order valence-electron chi connectivity index (χ0n) is 14.3. The number of hydrogen-bond acceptors (Lipinski definition) is 4. The van der Waals surface area contributed by atoms with E-state index in [0.29, 0.717) is 17.8 Å². The Hall–Kier alpha value is -3.02. The van der Waals surface area contributed by atoms with Crippen LogP contribution in [0.3, 0.4) is 0 Å². The SMILES string of the molecule is CCCCn1c(O)c(N=NC(=O)c2ccncc2)c2cc(C)ccc21. The van der Waals surface area contributed by atoms with E-state index in [4.69, 9.17) is 0 Å². The topological polar surface area (TPSA) is 79.8 Å². The van der Waals surface area contributed by atoms with Crippen LogP contribution < -0.4 is 0 Å². The smallest absolute Gasteiger partial charge is 0.295 e. The van der Waals surface area contributed by atoms with E-state index < -0.39 is 5.91 Å². The van der Waals surface area contributed by atoms with Gasteiger partial charge >= 0.3 is 0 Å². The molecule has 0 spiro atoms. The number of aromatic hydroxyl groups is 1. The number of fused-ring (bicyclic) bond motifs is 1. The molecule has 0 unspecified atom stereocenters. The van der Waals surface area contributed by atoms with E-state index in [9.17, 15) is 9.90 Å². The number of carbonyl (C=O) groups excluding carboxylic acids is 1. The van der Waals surface area contributed by atoms with Gasteiger partial charge in [-0.2, -0.15) is 0 Å². The van der Waals surface area contributed by atoms with Crippen LogP contribution in [0.5, 0.6) is 5.88 Å². The molecule has 0 aliphatic carbocycles. The van der Waals surface area contributed by atoms with Gasteiger partial charge in [-0.05, 0) is 37.6 Å². The Morgan fingerprint density at radius 2 is 2.00 bits per heavy atom. The summed E-state index contributed by atoms with van der Waals surface area (Å²) in [4.78, 5) is 16.0. The largest absolute Gasteiger partial charge is 0.493 e. The standard InChI is InChI=1S/C19H20N4O2/c1-3-4-11-23-16-6-5-13(2)12-15(16)17(19(23)25)21-22-18(24)14-7-9-20-10-8-14/h5-10,12,25H,3-4,11H2,1-2H3. The highest BCUT2D eigenvalue weighted by molar-refractivity contribution is 5.97. The average molecular weight is 336 g/mol. The molecule has 0 fully saturated rings. The molecule has 3 rings (SSSR count). The Labute approximate surface area is 145 Å². The fraction of sp³-hybridized carbons (Fsp3) is 0.263. The van der Waals surface area contributed by atoms with Crippen LogP contribution in [0.4, 0.5) is 5.69 Å². The number of aryl methyl sites for hydroxylation is 2. The minimum atomic E-state index is -0.469. The third kappa shape index (κ3) is 3.42. The second kappa shape index (κ2) is 7.25. The first-order chi connectivity index (χ1) is 12.1. The molecule has 0 bridgehead atoms. The highest BCUT2D eigenvalue weighted by Gasteiger charge is 2.17. The van der Waals surface area contributed by atoms with E-state index in [1.807, 2.05) is 29.7 Å². The van der Waals surface area contributed by atoms with Crippen LogP contribution >= 0.6 is 0 Å². The second-order valence-electron chi connectivity index (χ2n) is 5.94. The van der Waals surface area contributed by atoms with Gasteiger partial charge in [-0.1, -0.05) is 25.0 Å². The van der Waals surface area contributed by atoms with E-state index in [-0.39, 0.29) is 5.88 Å². The summed E-state index contributed by atoms with van der Waals surface area (Å²) in [5, 5.41) is 19.2. The Morgan fingerprint density at radius 3 is 2.72 bits per heavy atom. The van der Waals surface area contributed by atoms with Crippen molar-refractivity contribution in [2.24, 2.45) is 10.2 Å². The fourth-order valence-corrected chi connectivity index (χ4v) is 2.73. The lowest BCUT2D eigenvalue weighted by molar-refractivity contribution is 0.0995. The van der Waals surface area contributed by atoms with Gasteiger partial charge in [0.1, 0.15) is 0 Å². The molecule has 6 nitrogen and oxygen atoms in total. The molecule has 3 aromatic rings. The number of unbranched alkanes of at least 4 members (excludes halogenated alkanes) is 1. The number of azo groups is 1. The quantitative estimate of drug-likeness (QED) is 0.681. The first kappa shape index (κ1) is 16.8. The zero-order valence-corrected chi connectivity index (χ0v) is 14.3. The van der Waals surface area contributed by atoms with Gasteiger partial charge in [-0.15, -0.1) is 10.2 Å². The van der Waals surface area contributed by atoms with Crippen molar-refractivity contribution in [1.29, 1.82) is 0 Å². The van der Waals surface area contributed by atoms with Crippen molar-refractivity contribution in [2.75, 3.05) is 0 Å². The summed E-state index contributed by atoms with van der Waals surface area (Å²) in [6, 6.07) is 9.06. The third-order valence-corrected chi connectivity index (χ3v) is 4.07. The highest BCUT2D eigenvalue weighted by atomic mass is 16.3. The lowest BCUT2D eigenvalue weighted by Crippen LogP contribution is -1.96. The lowest BCUT2D eigenvalue weighted by atomic mass is 10.1. The molecule has 6 heteroatoms. The minimum absolute atomic E-state index is 0.0420. The molecular formula is C19H20N4O2. The molecule has 0 saturated heterocycles. The summed E-state index contributed by atoms with van der Waals surface area (Å²) in [6.07, 6.45) is 5.01. The molecular weight excluding hydrogens is 316 g/mol. The molecule has 0 aliphatic heterocycles. The molecule has 1 aromatic carbocycles. The molecule has 0 aliphatic rings. The maximum absolute atomic E-state index is 12.1. The van der Waals surface area contributed by atoms with Crippen LogP contribution in [-0.2, 0) is 6.54 Å². The minimum Gasteiger partial charge on any atom is -0.493 e. The summed E-state index contributed by atoms with van der Waals surface area (Å²) >= 11 is 0. The molecule has 0 atom stereocenters. The first-order valence-corrected chi connectivity index (χ1v) is 8.29. The number of hydrogen-bond donors (Lipinski definition) is 1. The Morgan fingerprint density at radius 1 is 1.24 bits per heavy atom. The van der Waals surface area contributed by atoms with Gasteiger partial charge in [0.05, 0.1) is 5.52 Å². The predicted molar refractivity (Wildman–Crippen MR) is 96.3 cm³/mol. The molecule has 1 N–H and O–H groups in total. The van der Waals surface area contributed by atoms with Crippen molar-refractivity contribution in [3.05, 3.63) is 53.9 Å². The Balaban J connectivity index is 2.03. The van der Waals surface area contributed by atoms with Crippen molar-refractivity contribution in [3.63, 3.8) is 0 Å². The molecule has 2 aromatic heterocycles. The molecule has 0 radical (unpaired) electrons. The molecule has 2 heterocycles. The molecule has 1 amide bonds. The van der Waals surface area contributed by atoms with Gasteiger partial charge in [-0.25, -0.2) is 0 Å². The van der Waals surface area contributed by atoms with Gasteiger partial charge in [0.25, 0.3) is 5.91 Å². The third-order valence-electron chi connectivity index (χ3n) is 4.07. The number of rotatable bonds is 5. The maximum atomic E-state index is 12.1. The zero-order chi connectivity index (χ0) is 17.8. The molecule has 25 heavy (non-hydrogen) atoms. The van der Waals surface area contributed by atoms with Gasteiger partial charge in [0.2, 0.25) is 5.88 Å². The van der Waals surface area contributed by atoms with Crippen LogP contribution in [0.1, 0.15) is 35.7 Å². The van der Waals surface area contributed by atoms with E-state index in [2.05, 4.69) is 22.1 Å². The first-order valence-electron chi connectivity index (χ1n) is 8.29. The van der Waals surface area contributed by atoms with Crippen molar-refractivity contribution in [1.82, 2.24) is 9.55 Å². The van der Waals surface area contributed by atoms with Gasteiger partial charge < -0.3 is 9.67 Å². The second-order valence-corrected chi connectivity index (χ2v) is 5.94. The van der Waals surface area contributed by atoms with Gasteiger partial charge in [-0.3, -0.25) is 9.78 Å². The van der Waals surface area contributed by atoms with Crippen molar-refractivity contribution in [3.8, 4) is 5.88 Å². The number of amides is 1. The van der Waals surface area contributed by atoms with Gasteiger partial charge in [0, 0.05) is 29.9 Å². The summed E-state index contributed by atoms with van der Waals surface area (Å²) in [6.45, 7) is 4.76. The predicted octanol–water partition coefficient (Wildman–Crippen LogP) is 4.77. The van der Waals surface area contributed by atoms with Crippen LogP contribution in [-0.4, -0.2) is 20.6 Å². The fourth-order valence-electron chi connectivity index (χ4n) is 2.73. The van der Waals surface area contributed by atoms with Crippen LogP contribution in [0.2, 0.25) is 0 Å². The van der Waals surface area contributed by atoms with E-state index in [1.54, 1.807) is 12.1 Å². The monoisotopic (exact) mass is 336 g/mol. The van der Waals surface area contributed by atoms with E-state index in [1.165, 1.54) is 12.4 Å². The summed E-state index contributed by atoms with van der Waals surface area (Å²) < 4.78 is 1.82. The molecule has 128 valence electrons. The van der Waals surface area contributed by atoms with Crippen LogP contribution in [0.25, 0.3) is 10.9 Å². The number of benzene rings is 1. The Bertz CT molecular complexity index is 929. The molecule has 0 saturated carbocycles. The van der Waals surface area contributed by atoms with Gasteiger partial charge in [0.15, 0.2) is 5.69 Å². The number of nitrogens with zero attached hydrogens (tertiary/aromatic N) is 4. The summed E-state index contributed by atoms with van der Waals surface area (Å²) in [7, 11) is 0. The number of carbonyl (C=O) groups is 1. The van der Waals surface area contributed by atoms with Crippen LogP contribution in [0.15, 0.2) is 53.0 Å². The van der Waals surface area contributed by atoms with Crippen molar-refractivity contribution in [2.45, 2.75) is 33.2 Å². The normalized spacial score (nSPS) is 11.4. The average Bonchev–Trinajstić information content (AvgIpc) is 2.89. The lowest BCUT2D eigenvalue weighted by Gasteiger charge is -2.05. The maximum Gasteiger partial charge on any atom is 0.295 e. The van der Waals surface area contributed by atoms with E-state index in [0.717, 1.165) is 29.3 Å². The number of aromatic nitrogens is 2. The van der Waals surface area contributed by atoms with Crippen molar-refractivity contribution < 1.29 is 9.90 Å². The van der Waals surface area contributed by atoms with E-state index >= 15 is 0 Å². The Kier molecular flexibility index (Phi) is 4.88. The highest BCUT2D eigenvalue weighted by Crippen LogP contribution is 2.39. The summed E-state index contributed by atoms with van der Waals surface area (Å²) in [5.74, 6) is -0.427. The summed E-state index contributed by atoms with van der Waals surface area (Å²) in [5.41, 5.74) is 2.68. The number of pyridine rings is 1. The van der Waals surface area contributed by atoms with Crippen molar-refractivity contribution >= 4 is 22.5 Å².